The maximum atomic E-state index is 10.6. The van der Waals surface area contributed by atoms with Crippen molar-refractivity contribution in [3.8, 4) is 0 Å². The number of carboxylic acid groups (broad SMARTS) is 1. The first-order valence-corrected chi connectivity index (χ1v) is 10.4. The van der Waals surface area contributed by atoms with Gasteiger partial charge in [-0.25, -0.2) is 4.79 Å². The van der Waals surface area contributed by atoms with E-state index < -0.39 is 6.16 Å². The van der Waals surface area contributed by atoms with Crippen LogP contribution in [-0.2, 0) is 11.3 Å². The molecule has 0 saturated carbocycles. The first kappa shape index (κ1) is 21.5. The lowest BCUT2D eigenvalue weighted by molar-refractivity contribution is -0.0363. The molecule has 1 atom stereocenters. The van der Waals surface area contributed by atoms with Crippen molar-refractivity contribution in [1.82, 2.24) is 4.90 Å². The van der Waals surface area contributed by atoms with Crippen LogP contribution in [0.5, 0.6) is 0 Å². The Hall–Kier alpha value is -2.24. The predicted molar refractivity (Wildman–Crippen MR) is 117 cm³/mol. The smallest absolute Gasteiger partial charge is 0.450 e. The minimum absolute atomic E-state index is 0.206. The predicted octanol–water partition coefficient (Wildman–Crippen LogP) is 5.71. The molecule has 2 aromatic carbocycles. The molecule has 0 aliphatic carbocycles. The second-order valence-electron chi connectivity index (χ2n) is 7.91. The van der Waals surface area contributed by atoms with E-state index in [1.165, 1.54) is 16.7 Å². The second-order valence-corrected chi connectivity index (χ2v) is 8.29. The zero-order valence-electron chi connectivity index (χ0n) is 17.5. The molecule has 5 nitrogen and oxygen atoms in total. The third-order valence-corrected chi connectivity index (χ3v) is 6.14. The SMILES string of the molecule is CC[C@@H](Nc1ccc(C)c(CN2CC(OC(=O)O)C2)c1)c1cc(C)c(Cl)c(C)c1. The zero-order valence-corrected chi connectivity index (χ0v) is 18.2. The van der Waals surface area contributed by atoms with Crippen LogP contribution in [0.2, 0.25) is 5.02 Å². The molecular formula is C23H29ClN2O3. The van der Waals surface area contributed by atoms with E-state index >= 15 is 0 Å². The van der Waals surface area contributed by atoms with Gasteiger partial charge in [0.15, 0.2) is 0 Å². The number of benzene rings is 2. The molecule has 0 radical (unpaired) electrons. The molecule has 2 N–H and O–H groups in total. The number of nitrogens with one attached hydrogen (secondary N) is 1. The minimum atomic E-state index is -1.20. The van der Waals surface area contributed by atoms with Gasteiger partial charge in [-0.2, -0.15) is 0 Å². The van der Waals surface area contributed by atoms with Crippen LogP contribution in [0.25, 0.3) is 0 Å². The summed E-state index contributed by atoms with van der Waals surface area (Å²) in [5.41, 5.74) is 6.99. The molecule has 0 aromatic heterocycles. The minimum Gasteiger partial charge on any atom is -0.450 e. The molecule has 1 aliphatic rings. The van der Waals surface area contributed by atoms with Crippen LogP contribution >= 0.6 is 11.6 Å². The number of ether oxygens (including phenoxy) is 1. The average molecular weight is 417 g/mol. The van der Waals surface area contributed by atoms with Gasteiger partial charge in [0.1, 0.15) is 6.10 Å². The number of anilines is 1. The number of hydrogen-bond donors (Lipinski definition) is 2. The Morgan fingerprint density at radius 2 is 1.86 bits per heavy atom. The first-order chi connectivity index (χ1) is 13.8. The van der Waals surface area contributed by atoms with E-state index in [9.17, 15) is 4.79 Å². The van der Waals surface area contributed by atoms with E-state index in [2.05, 4.69) is 54.4 Å². The molecule has 156 valence electrons. The lowest BCUT2D eigenvalue weighted by Gasteiger charge is -2.38. The molecular weight excluding hydrogens is 388 g/mol. The topological polar surface area (TPSA) is 61.8 Å². The molecule has 0 unspecified atom stereocenters. The fourth-order valence-corrected chi connectivity index (χ4v) is 3.95. The first-order valence-electron chi connectivity index (χ1n) is 10.0. The monoisotopic (exact) mass is 416 g/mol. The van der Waals surface area contributed by atoms with Crippen LogP contribution in [0.15, 0.2) is 30.3 Å². The van der Waals surface area contributed by atoms with E-state index in [1.54, 1.807) is 0 Å². The summed E-state index contributed by atoms with van der Waals surface area (Å²) in [4.78, 5) is 12.8. The third kappa shape index (κ3) is 5.22. The van der Waals surface area contributed by atoms with Crippen molar-refractivity contribution in [2.45, 2.75) is 52.8 Å². The summed E-state index contributed by atoms with van der Waals surface area (Å²) in [5, 5.41) is 13.2. The molecule has 1 aliphatic heterocycles. The van der Waals surface area contributed by atoms with Gasteiger partial charge in [0.25, 0.3) is 0 Å². The highest BCUT2D eigenvalue weighted by atomic mass is 35.5. The van der Waals surface area contributed by atoms with E-state index in [4.69, 9.17) is 21.4 Å². The molecule has 1 saturated heterocycles. The van der Waals surface area contributed by atoms with E-state index in [1.807, 2.05) is 13.8 Å². The summed E-state index contributed by atoms with van der Waals surface area (Å²) in [6.07, 6.45) is -0.449. The van der Waals surface area contributed by atoms with Crippen molar-refractivity contribution in [3.05, 3.63) is 63.2 Å². The number of aryl methyl sites for hydroxylation is 3. The quantitative estimate of drug-likeness (QED) is 0.566. The highest BCUT2D eigenvalue weighted by molar-refractivity contribution is 6.32. The molecule has 1 heterocycles. The average Bonchev–Trinajstić information content (AvgIpc) is 2.64. The number of likely N-dealkylation sites (tertiary alicyclic amines) is 1. The summed E-state index contributed by atoms with van der Waals surface area (Å²) in [5.74, 6) is 0. The third-order valence-electron chi connectivity index (χ3n) is 5.54. The Morgan fingerprint density at radius 3 is 2.45 bits per heavy atom. The van der Waals surface area contributed by atoms with Gasteiger partial charge in [-0.1, -0.05) is 36.7 Å². The van der Waals surface area contributed by atoms with Crippen molar-refractivity contribution in [3.63, 3.8) is 0 Å². The van der Waals surface area contributed by atoms with E-state index in [0.29, 0.717) is 13.1 Å². The van der Waals surface area contributed by atoms with Gasteiger partial charge in [0.2, 0.25) is 0 Å². The van der Waals surface area contributed by atoms with Gasteiger partial charge in [-0.15, -0.1) is 0 Å². The van der Waals surface area contributed by atoms with Crippen LogP contribution in [-0.4, -0.2) is 35.4 Å². The van der Waals surface area contributed by atoms with Gasteiger partial charge in [0, 0.05) is 30.3 Å². The van der Waals surface area contributed by atoms with Gasteiger partial charge in [-0.05, 0) is 67.1 Å². The van der Waals surface area contributed by atoms with Crippen LogP contribution in [0.3, 0.4) is 0 Å². The molecule has 2 aromatic rings. The van der Waals surface area contributed by atoms with Crippen molar-refractivity contribution in [2.75, 3.05) is 18.4 Å². The fraction of sp³-hybridized carbons (Fsp3) is 0.435. The molecule has 3 rings (SSSR count). The molecule has 0 spiro atoms. The summed E-state index contributed by atoms with van der Waals surface area (Å²) in [6.45, 7) is 10.4. The largest absolute Gasteiger partial charge is 0.506 e. The normalized spacial score (nSPS) is 15.6. The second kappa shape index (κ2) is 9.06. The van der Waals surface area contributed by atoms with Crippen LogP contribution in [0.4, 0.5) is 10.5 Å². The van der Waals surface area contributed by atoms with Gasteiger partial charge >= 0.3 is 6.16 Å². The molecule has 6 heteroatoms. The Morgan fingerprint density at radius 1 is 1.21 bits per heavy atom. The lowest BCUT2D eigenvalue weighted by atomic mass is 9.98. The highest BCUT2D eigenvalue weighted by Crippen LogP contribution is 2.30. The highest BCUT2D eigenvalue weighted by Gasteiger charge is 2.30. The Bertz CT molecular complexity index is 871. The number of hydrogen-bond acceptors (Lipinski definition) is 4. The maximum absolute atomic E-state index is 10.6. The van der Waals surface area contributed by atoms with Crippen molar-refractivity contribution in [1.29, 1.82) is 0 Å². The number of halogens is 1. The van der Waals surface area contributed by atoms with Crippen molar-refractivity contribution >= 4 is 23.4 Å². The van der Waals surface area contributed by atoms with Crippen LogP contribution in [0.1, 0.15) is 47.2 Å². The van der Waals surface area contributed by atoms with Crippen molar-refractivity contribution < 1.29 is 14.6 Å². The Balaban J connectivity index is 1.69. The Kier molecular flexibility index (Phi) is 6.70. The lowest BCUT2D eigenvalue weighted by Crippen LogP contribution is -2.52. The zero-order chi connectivity index (χ0) is 21.1. The van der Waals surface area contributed by atoms with Gasteiger partial charge in [0.05, 0.1) is 6.04 Å². The van der Waals surface area contributed by atoms with Gasteiger partial charge < -0.3 is 15.2 Å². The molecule has 1 fully saturated rings. The summed E-state index contributed by atoms with van der Waals surface area (Å²) < 4.78 is 4.81. The van der Waals surface area contributed by atoms with E-state index in [0.717, 1.165) is 34.8 Å². The molecule has 0 bridgehead atoms. The number of rotatable bonds is 7. The molecule has 29 heavy (non-hydrogen) atoms. The van der Waals surface area contributed by atoms with Crippen LogP contribution in [0, 0.1) is 20.8 Å². The van der Waals surface area contributed by atoms with Crippen molar-refractivity contribution in [2.24, 2.45) is 0 Å². The summed E-state index contributed by atoms with van der Waals surface area (Å²) in [6, 6.07) is 11.0. The van der Waals surface area contributed by atoms with E-state index in [-0.39, 0.29) is 12.1 Å². The maximum Gasteiger partial charge on any atom is 0.506 e. The number of nitrogens with zero attached hydrogens (tertiary/aromatic N) is 1. The number of carbonyl (C=O) groups is 1. The molecule has 0 amide bonds. The van der Waals surface area contributed by atoms with Gasteiger partial charge in [-0.3, -0.25) is 4.90 Å². The summed E-state index contributed by atoms with van der Waals surface area (Å²) >= 11 is 6.34. The fourth-order valence-electron chi connectivity index (χ4n) is 3.84. The summed E-state index contributed by atoms with van der Waals surface area (Å²) in [7, 11) is 0. The van der Waals surface area contributed by atoms with Crippen LogP contribution < -0.4 is 5.32 Å². The Labute approximate surface area is 177 Å². The standard InChI is InChI=1S/C23H29ClN2O3/c1-5-21(17-8-15(3)22(24)16(4)9-17)25-19-7-6-14(2)18(10-19)11-26-12-20(13-26)29-23(27)28/h6-10,20-21,25H,5,11-13H2,1-4H3,(H,27,28)/t21-/m1/s1.